The van der Waals surface area contributed by atoms with Gasteiger partial charge in [-0.3, -0.25) is 4.98 Å². The second-order valence-electron chi connectivity index (χ2n) is 4.69. The number of aromatic nitrogens is 1. The fourth-order valence-electron chi connectivity index (χ4n) is 2.01. The Hall–Kier alpha value is -2.08. The lowest BCUT2D eigenvalue weighted by atomic mass is 9.92. The molecule has 6 heteroatoms. The standard InChI is InChI=1S/C15H15F3N2O/c1-10(13-4-2-3-9-20-13)14(19)11-5-7-12(8-6-11)21-15(16,17)18/h2-10,14H,19H2,1H3. The van der Waals surface area contributed by atoms with Gasteiger partial charge in [-0.1, -0.05) is 25.1 Å². The molecule has 0 saturated heterocycles. The van der Waals surface area contributed by atoms with Crippen LogP contribution in [-0.2, 0) is 0 Å². The lowest BCUT2D eigenvalue weighted by molar-refractivity contribution is -0.274. The molecule has 0 spiro atoms. The number of nitrogens with two attached hydrogens (primary N) is 1. The molecular weight excluding hydrogens is 281 g/mol. The number of hydrogen-bond acceptors (Lipinski definition) is 3. The lowest BCUT2D eigenvalue weighted by Crippen LogP contribution is -2.19. The molecule has 0 fully saturated rings. The van der Waals surface area contributed by atoms with Crippen molar-refractivity contribution in [2.24, 2.45) is 5.73 Å². The van der Waals surface area contributed by atoms with Crippen LogP contribution in [0, 0.1) is 0 Å². The molecule has 2 unspecified atom stereocenters. The molecule has 2 rings (SSSR count). The molecule has 2 atom stereocenters. The summed E-state index contributed by atoms with van der Waals surface area (Å²) in [5.41, 5.74) is 7.70. The first-order valence-corrected chi connectivity index (χ1v) is 6.39. The van der Waals surface area contributed by atoms with Gasteiger partial charge in [-0.05, 0) is 29.8 Å². The van der Waals surface area contributed by atoms with Crippen LogP contribution in [0.4, 0.5) is 13.2 Å². The Balaban J connectivity index is 2.11. The molecule has 1 aromatic heterocycles. The highest BCUT2D eigenvalue weighted by atomic mass is 19.4. The van der Waals surface area contributed by atoms with Crippen LogP contribution in [0.15, 0.2) is 48.7 Å². The van der Waals surface area contributed by atoms with Crippen LogP contribution in [0.1, 0.15) is 30.1 Å². The molecule has 0 amide bonds. The minimum absolute atomic E-state index is 0.0550. The highest BCUT2D eigenvalue weighted by Crippen LogP contribution is 2.29. The normalized spacial score (nSPS) is 14.5. The summed E-state index contributed by atoms with van der Waals surface area (Å²) in [7, 11) is 0. The van der Waals surface area contributed by atoms with Crippen molar-refractivity contribution in [2.45, 2.75) is 25.2 Å². The van der Waals surface area contributed by atoms with Crippen LogP contribution < -0.4 is 10.5 Å². The maximum absolute atomic E-state index is 12.1. The van der Waals surface area contributed by atoms with Gasteiger partial charge in [0.2, 0.25) is 0 Å². The van der Waals surface area contributed by atoms with Crippen LogP contribution >= 0.6 is 0 Å². The van der Waals surface area contributed by atoms with Crippen LogP contribution in [0.5, 0.6) is 5.75 Å². The molecule has 2 N–H and O–H groups in total. The highest BCUT2D eigenvalue weighted by molar-refractivity contribution is 5.31. The number of hydrogen-bond donors (Lipinski definition) is 1. The number of rotatable bonds is 4. The topological polar surface area (TPSA) is 48.1 Å². The summed E-state index contributed by atoms with van der Waals surface area (Å²) in [6.07, 6.45) is -3.01. The maximum Gasteiger partial charge on any atom is 0.573 e. The minimum Gasteiger partial charge on any atom is -0.406 e. The van der Waals surface area contributed by atoms with Gasteiger partial charge in [-0.2, -0.15) is 0 Å². The van der Waals surface area contributed by atoms with Gasteiger partial charge in [0, 0.05) is 23.9 Å². The summed E-state index contributed by atoms with van der Waals surface area (Å²) >= 11 is 0. The number of ether oxygens (including phenoxy) is 1. The zero-order chi connectivity index (χ0) is 15.5. The van der Waals surface area contributed by atoms with E-state index in [9.17, 15) is 13.2 Å². The van der Waals surface area contributed by atoms with Gasteiger partial charge in [-0.15, -0.1) is 13.2 Å². The fourth-order valence-corrected chi connectivity index (χ4v) is 2.01. The molecule has 0 aliphatic heterocycles. The van der Waals surface area contributed by atoms with Crippen LogP contribution in [0.3, 0.4) is 0 Å². The second-order valence-corrected chi connectivity index (χ2v) is 4.69. The molecule has 0 saturated carbocycles. The Kier molecular flexibility index (Phi) is 4.47. The molecule has 1 aromatic carbocycles. The van der Waals surface area contributed by atoms with Crippen molar-refractivity contribution in [1.29, 1.82) is 0 Å². The van der Waals surface area contributed by atoms with E-state index >= 15 is 0 Å². The van der Waals surface area contributed by atoms with Gasteiger partial charge in [-0.25, -0.2) is 0 Å². The van der Waals surface area contributed by atoms with Gasteiger partial charge < -0.3 is 10.5 Å². The van der Waals surface area contributed by atoms with Crippen LogP contribution in [0.25, 0.3) is 0 Å². The van der Waals surface area contributed by atoms with E-state index in [1.54, 1.807) is 6.20 Å². The van der Waals surface area contributed by atoms with E-state index < -0.39 is 6.36 Å². The molecular formula is C15H15F3N2O. The summed E-state index contributed by atoms with van der Waals surface area (Å²) in [5.74, 6) is -0.315. The van der Waals surface area contributed by atoms with Crippen molar-refractivity contribution in [2.75, 3.05) is 0 Å². The van der Waals surface area contributed by atoms with Gasteiger partial charge >= 0.3 is 6.36 Å². The molecule has 112 valence electrons. The third-order valence-corrected chi connectivity index (χ3v) is 3.19. The average molecular weight is 296 g/mol. The Morgan fingerprint density at radius 3 is 2.29 bits per heavy atom. The largest absolute Gasteiger partial charge is 0.573 e. The van der Waals surface area contributed by atoms with Crippen molar-refractivity contribution in [1.82, 2.24) is 4.98 Å². The van der Waals surface area contributed by atoms with Crippen molar-refractivity contribution in [3.8, 4) is 5.75 Å². The minimum atomic E-state index is -4.69. The smallest absolute Gasteiger partial charge is 0.406 e. The Labute approximate surface area is 120 Å². The summed E-state index contributed by atoms with van der Waals surface area (Å²) < 4.78 is 40.1. The van der Waals surface area contributed by atoms with Crippen molar-refractivity contribution in [3.05, 3.63) is 59.9 Å². The van der Waals surface area contributed by atoms with E-state index in [0.29, 0.717) is 0 Å². The SMILES string of the molecule is CC(c1ccccn1)C(N)c1ccc(OC(F)(F)F)cc1. The van der Waals surface area contributed by atoms with Gasteiger partial charge in [0.05, 0.1) is 0 Å². The first-order chi connectivity index (χ1) is 9.87. The first-order valence-electron chi connectivity index (χ1n) is 6.39. The predicted molar refractivity (Wildman–Crippen MR) is 72.7 cm³/mol. The predicted octanol–water partition coefficient (Wildman–Crippen LogP) is 3.78. The molecule has 21 heavy (non-hydrogen) atoms. The summed E-state index contributed by atoms with van der Waals surface area (Å²) in [4.78, 5) is 4.24. The Morgan fingerprint density at radius 2 is 1.76 bits per heavy atom. The summed E-state index contributed by atoms with van der Waals surface area (Å²) in [6, 6.07) is 10.8. The van der Waals surface area contributed by atoms with Gasteiger partial charge in [0.15, 0.2) is 0 Å². The summed E-state index contributed by atoms with van der Waals surface area (Å²) in [5, 5.41) is 0. The van der Waals surface area contributed by atoms with Crippen molar-refractivity contribution < 1.29 is 17.9 Å². The molecule has 0 bridgehead atoms. The highest BCUT2D eigenvalue weighted by Gasteiger charge is 2.31. The summed E-state index contributed by atoms with van der Waals surface area (Å²) in [6.45, 7) is 1.92. The molecule has 0 radical (unpaired) electrons. The number of halogens is 3. The van der Waals surface area contributed by atoms with E-state index in [-0.39, 0.29) is 17.7 Å². The monoisotopic (exact) mass is 296 g/mol. The average Bonchev–Trinajstić information content (AvgIpc) is 2.46. The maximum atomic E-state index is 12.1. The Bertz CT molecular complexity index is 570. The van der Waals surface area contributed by atoms with E-state index in [1.165, 1.54) is 24.3 Å². The quantitative estimate of drug-likeness (QED) is 0.934. The number of pyridine rings is 1. The Morgan fingerprint density at radius 1 is 1.10 bits per heavy atom. The zero-order valence-electron chi connectivity index (χ0n) is 11.3. The van der Waals surface area contributed by atoms with E-state index in [1.807, 2.05) is 25.1 Å². The van der Waals surface area contributed by atoms with E-state index in [2.05, 4.69) is 9.72 Å². The molecule has 3 nitrogen and oxygen atoms in total. The number of alkyl halides is 3. The van der Waals surface area contributed by atoms with Crippen LogP contribution in [-0.4, -0.2) is 11.3 Å². The molecule has 2 aromatic rings. The third kappa shape index (κ3) is 4.19. The van der Waals surface area contributed by atoms with Crippen LogP contribution in [0.2, 0.25) is 0 Å². The van der Waals surface area contributed by atoms with E-state index in [0.717, 1.165) is 11.3 Å². The number of nitrogens with zero attached hydrogens (tertiary/aromatic N) is 1. The molecule has 0 aliphatic rings. The fraction of sp³-hybridized carbons (Fsp3) is 0.267. The van der Waals surface area contributed by atoms with Crippen molar-refractivity contribution >= 4 is 0 Å². The molecule has 1 heterocycles. The first kappa shape index (κ1) is 15.3. The molecule has 0 aliphatic carbocycles. The second kappa shape index (κ2) is 6.13. The lowest BCUT2D eigenvalue weighted by Gasteiger charge is -2.20. The third-order valence-electron chi connectivity index (χ3n) is 3.19. The van der Waals surface area contributed by atoms with Crippen molar-refractivity contribution in [3.63, 3.8) is 0 Å². The number of benzene rings is 1. The van der Waals surface area contributed by atoms with E-state index in [4.69, 9.17) is 5.73 Å². The zero-order valence-corrected chi connectivity index (χ0v) is 11.3. The van der Waals surface area contributed by atoms with Gasteiger partial charge in [0.25, 0.3) is 0 Å². The van der Waals surface area contributed by atoms with Gasteiger partial charge in [0.1, 0.15) is 5.75 Å².